The third-order valence-corrected chi connectivity index (χ3v) is 6.87. The Labute approximate surface area is 141 Å². The fourth-order valence-corrected chi connectivity index (χ4v) is 6.21. The van der Waals surface area contributed by atoms with Gasteiger partial charge in [0.2, 0.25) is 10.0 Å². The molecular weight excluding hydrogens is 424 g/mol. The molecule has 118 valence electrons. The third kappa shape index (κ3) is 3.98. The van der Waals surface area contributed by atoms with E-state index in [0.29, 0.717) is 27.8 Å². The molecule has 1 aromatic carbocycles. The van der Waals surface area contributed by atoms with Gasteiger partial charge in [0.25, 0.3) is 0 Å². The minimum absolute atomic E-state index is 0.131. The Kier molecular flexibility index (Phi) is 5.70. The van der Waals surface area contributed by atoms with Crippen molar-refractivity contribution >= 4 is 47.6 Å². The Balaban J connectivity index is 2.16. The number of nitrogens with two attached hydrogens (primary N) is 1. The first-order valence-electron chi connectivity index (χ1n) is 6.71. The van der Waals surface area contributed by atoms with Crippen LogP contribution in [-0.4, -0.2) is 27.7 Å². The van der Waals surface area contributed by atoms with Crippen LogP contribution in [-0.2, 0) is 14.8 Å². The molecule has 0 aliphatic carbocycles. The van der Waals surface area contributed by atoms with Crippen molar-refractivity contribution in [1.29, 1.82) is 0 Å². The van der Waals surface area contributed by atoms with Gasteiger partial charge >= 0.3 is 0 Å². The van der Waals surface area contributed by atoms with Crippen molar-refractivity contribution in [3.05, 3.63) is 21.1 Å². The molecule has 0 spiro atoms. The first kappa shape index (κ1) is 17.2. The molecule has 0 amide bonds. The van der Waals surface area contributed by atoms with E-state index in [1.807, 2.05) is 6.92 Å². The van der Waals surface area contributed by atoms with Gasteiger partial charge in [-0.05, 0) is 56.8 Å². The molecule has 0 aromatic heterocycles. The summed E-state index contributed by atoms with van der Waals surface area (Å²) in [6, 6.07) is 3.15. The van der Waals surface area contributed by atoms with Crippen molar-refractivity contribution in [3.8, 4) is 0 Å². The number of anilines is 1. The van der Waals surface area contributed by atoms with Crippen LogP contribution in [0.5, 0.6) is 0 Å². The van der Waals surface area contributed by atoms with Crippen molar-refractivity contribution in [1.82, 2.24) is 4.72 Å². The Morgan fingerprint density at radius 1 is 1.38 bits per heavy atom. The molecule has 1 aromatic rings. The summed E-state index contributed by atoms with van der Waals surface area (Å²) in [7, 11) is -3.61. The first-order chi connectivity index (χ1) is 9.85. The largest absolute Gasteiger partial charge is 0.399 e. The second-order valence-electron chi connectivity index (χ2n) is 5.03. The summed E-state index contributed by atoms with van der Waals surface area (Å²) in [5.74, 6) is 0.219. The highest BCUT2D eigenvalue weighted by Gasteiger charge is 2.29. The molecule has 2 atom stereocenters. The summed E-state index contributed by atoms with van der Waals surface area (Å²) in [5.41, 5.74) is 6.18. The van der Waals surface area contributed by atoms with Crippen LogP contribution in [0.3, 0.4) is 0 Å². The molecule has 0 bridgehead atoms. The second kappa shape index (κ2) is 6.95. The molecule has 21 heavy (non-hydrogen) atoms. The first-order valence-corrected chi connectivity index (χ1v) is 9.78. The molecule has 5 nitrogen and oxygen atoms in total. The van der Waals surface area contributed by atoms with Crippen LogP contribution >= 0.6 is 31.9 Å². The van der Waals surface area contributed by atoms with Crippen LogP contribution in [0.2, 0.25) is 0 Å². The van der Waals surface area contributed by atoms with Gasteiger partial charge in [-0.15, -0.1) is 0 Å². The molecule has 0 radical (unpaired) electrons. The molecule has 1 fully saturated rings. The molecule has 2 rings (SSSR count). The minimum Gasteiger partial charge on any atom is -0.399 e. The number of nitrogen functional groups attached to an aromatic ring is 1. The second-order valence-corrected chi connectivity index (χ2v) is 8.44. The van der Waals surface area contributed by atoms with Gasteiger partial charge in [-0.2, -0.15) is 0 Å². The van der Waals surface area contributed by atoms with E-state index in [1.165, 1.54) is 0 Å². The highest BCUT2D eigenvalue weighted by Crippen LogP contribution is 2.32. The van der Waals surface area contributed by atoms with E-state index in [4.69, 9.17) is 10.5 Å². The molecule has 0 saturated carbocycles. The lowest BCUT2D eigenvalue weighted by Gasteiger charge is -2.18. The fourth-order valence-electron chi connectivity index (χ4n) is 2.50. The van der Waals surface area contributed by atoms with E-state index in [0.717, 1.165) is 12.8 Å². The molecule has 1 saturated heterocycles. The van der Waals surface area contributed by atoms with E-state index < -0.39 is 10.0 Å². The van der Waals surface area contributed by atoms with Gasteiger partial charge < -0.3 is 10.5 Å². The smallest absolute Gasteiger partial charge is 0.242 e. The summed E-state index contributed by atoms with van der Waals surface area (Å²) in [4.78, 5) is 0.170. The maximum Gasteiger partial charge on any atom is 0.242 e. The zero-order valence-corrected chi connectivity index (χ0v) is 15.6. The number of ether oxygens (including phenoxy) is 1. The highest BCUT2D eigenvalue weighted by molar-refractivity contribution is 9.11. The summed E-state index contributed by atoms with van der Waals surface area (Å²) < 4.78 is 34.1. The monoisotopic (exact) mass is 440 g/mol. The third-order valence-electron chi connectivity index (χ3n) is 3.57. The molecular formula is C13H18Br2N2O3S. The molecule has 3 N–H and O–H groups in total. The van der Waals surface area contributed by atoms with E-state index >= 15 is 0 Å². The number of halogens is 2. The Bertz CT molecular complexity index is 599. The van der Waals surface area contributed by atoms with Crippen LogP contribution in [0.4, 0.5) is 5.69 Å². The van der Waals surface area contributed by atoms with E-state index in [2.05, 4.69) is 36.6 Å². The predicted octanol–water partition coefficient (Wildman–Crippen LogP) is 2.89. The Morgan fingerprint density at radius 3 is 2.57 bits per heavy atom. The zero-order valence-electron chi connectivity index (χ0n) is 11.6. The van der Waals surface area contributed by atoms with Crippen LogP contribution in [0, 0.1) is 5.92 Å². The van der Waals surface area contributed by atoms with Gasteiger partial charge in [0.15, 0.2) is 0 Å². The van der Waals surface area contributed by atoms with Crippen molar-refractivity contribution in [2.75, 3.05) is 18.9 Å². The van der Waals surface area contributed by atoms with E-state index in [9.17, 15) is 8.42 Å². The predicted molar refractivity (Wildman–Crippen MR) is 89.6 cm³/mol. The van der Waals surface area contributed by atoms with Crippen molar-refractivity contribution in [3.63, 3.8) is 0 Å². The zero-order chi connectivity index (χ0) is 15.6. The van der Waals surface area contributed by atoms with Gasteiger partial charge in [-0.1, -0.05) is 6.92 Å². The lowest BCUT2D eigenvalue weighted by Crippen LogP contribution is -2.33. The molecule has 1 aliphatic heterocycles. The number of nitrogens with one attached hydrogen (secondary N) is 1. The SMILES string of the molecule is CCC1OCCC1CNS(=O)(=O)c1c(Br)cc(N)cc1Br. The highest BCUT2D eigenvalue weighted by atomic mass is 79.9. The maximum absolute atomic E-state index is 12.5. The van der Waals surface area contributed by atoms with Crippen molar-refractivity contribution in [2.24, 2.45) is 5.92 Å². The Hall–Kier alpha value is -0.150. The van der Waals surface area contributed by atoms with Crippen molar-refractivity contribution in [2.45, 2.75) is 30.8 Å². The lowest BCUT2D eigenvalue weighted by atomic mass is 10.0. The van der Waals surface area contributed by atoms with Crippen LogP contribution in [0.15, 0.2) is 26.0 Å². The summed E-state index contributed by atoms with van der Waals surface area (Å²) in [5, 5.41) is 0. The minimum atomic E-state index is -3.61. The molecule has 1 heterocycles. The van der Waals surface area contributed by atoms with Crippen LogP contribution < -0.4 is 10.5 Å². The standard InChI is InChI=1S/C13H18Br2N2O3S/c1-2-12-8(3-4-20-12)7-17-21(18,19)13-10(14)5-9(16)6-11(13)15/h5-6,8,12,17H,2-4,7,16H2,1H3. The van der Waals surface area contributed by atoms with Crippen LogP contribution in [0.25, 0.3) is 0 Å². The molecule has 2 unspecified atom stereocenters. The molecule has 8 heteroatoms. The molecule has 1 aliphatic rings. The van der Waals surface area contributed by atoms with E-state index in [1.54, 1.807) is 12.1 Å². The van der Waals surface area contributed by atoms with Crippen molar-refractivity contribution < 1.29 is 13.2 Å². The van der Waals surface area contributed by atoms with Gasteiger partial charge in [0.1, 0.15) is 4.90 Å². The maximum atomic E-state index is 12.5. The average Bonchev–Trinajstić information content (AvgIpc) is 2.82. The average molecular weight is 442 g/mol. The van der Waals surface area contributed by atoms with Gasteiger partial charge in [0, 0.05) is 33.7 Å². The van der Waals surface area contributed by atoms with Crippen LogP contribution in [0.1, 0.15) is 19.8 Å². The summed E-state index contributed by atoms with van der Waals surface area (Å²) in [6.07, 6.45) is 1.90. The normalized spacial score (nSPS) is 22.6. The summed E-state index contributed by atoms with van der Waals surface area (Å²) in [6.45, 7) is 3.12. The van der Waals surface area contributed by atoms with Gasteiger partial charge in [0.05, 0.1) is 6.10 Å². The number of hydrogen-bond donors (Lipinski definition) is 2. The summed E-state index contributed by atoms with van der Waals surface area (Å²) >= 11 is 6.52. The fraction of sp³-hybridized carbons (Fsp3) is 0.538. The topological polar surface area (TPSA) is 81.4 Å². The Morgan fingerprint density at radius 2 is 2.00 bits per heavy atom. The van der Waals surface area contributed by atoms with E-state index in [-0.39, 0.29) is 16.9 Å². The lowest BCUT2D eigenvalue weighted by molar-refractivity contribution is 0.0884. The quantitative estimate of drug-likeness (QED) is 0.688. The number of rotatable bonds is 5. The van der Waals surface area contributed by atoms with Gasteiger partial charge in [-0.3, -0.25) is 0 Å². The van der Waals surface area contributed by atoms with Gasteiger partial charge in [-0.25, -0.2) is 13.1 Å². The number of hydrogen-bond acceptors (Lipinski definition) is 4. The number of sulfonamides is 1. The number of benzene rings is 1.